The van der Waals surface area contributed by atoms with Crippen LogP contribution in [0.1, 0.15) is 17.4 Å². The number of rotatable bonds is 3. The molecule has 1 heterocycles. The van der Waals surface area contributed by atoms with Crippen molar-refractivity contribution in [2.45, 2.75) is 13.0 Å². The predicted molar refractivity (Wildman–Crippen MR) is 61.7 cm³/mol. The van der Waals surface area contributed by atoms with Crippen LogP contribution < -0.4 is 10.6 Å². The number of hydrogen-bond donors (Lipinski definition) is 2. The highest BCUT2D eigenvalue weighted by atomic mass is 16.5. The summed E-state index contributed by atoms with van der Waals surface area (Å²) >= 11 is 0. The number of carbonyl (C=O) groups excluding carboxylic acids is 3. The van der Waals surface area contributed by atoms with Crippen molar-refractivity contribution in [3.8, 4) is 0 Å². The Morgan fingerprint density at radius 1 is 1.33 bits per heavy atom. The summed E-state index contributed by atoms with van der Waals surface area (Å²) in [6, 6.07) is 4.07. The van der Waals surface area contributed by atoms with Gasteiger partial charge in [-0.2, -0.15) is 0 Å². The third-order valence-electron chi connectivity index (χ3n) is 1.99. The normalized spacial score (nSPS) is 11.2. The number of hydrogen-bond acceptors (Lipinski definition) is 5. The molecule has 1 rings (SSSR count). The van der Waals surface area contributed by atoms with E-state index in [2.05, 4.69) is 10.3 Å². The number of imide groups is 1. The number of urea groups is 1. The summed E-state index contributed by atoms with van der Waals surface area (Å²) < 4.78 is 4.85. The van der Waals surface area contributed by atoms with Crippen molar-refractivity contribution in [1.82, 2.24) is 15.6 Å². The van der Waals surface area contributed by atoms with E-state index in [-0.39, 0.29) is 5.69 Å². The molecule has 0 saturated carbocycles. The van der Waals surface area contributed by atoms with Gasteiger partial charge in [-0.25, -0.2) is 14.6 Å². The lowest BCUT2D eigenvalue weighted by Gasteiger charge is -2.12. The molecule has 0 unspecified atom stereocenters. The molecule has 7 heteroatoms. The molecule has 1 aromatic rings. The Kier molecular flexibility index (Phi) is 4.79. The molecule has 3 amide bonds. The maximum absolute atomic E-state index is 11.5. The number of carbonyl (C=O) groups is 3. The Labute approximate surface area is 104 Å². The Hall–Kier alpha value is -2.44. The quantitative estimate of drug-likeness (QED) is 0.741. The van der Waals surface area contributed by atoms with Crippen molar-refractivity contribution < 1.29 is 19.1 Å². The van der Waals surface area contributed by atoms with E-state index in [9.17, 15) is 14.4 Å². The van der Waals surface area contributed by atoms with E-state index in [1.807, 2.05) is 5.32 Å². The first-order valence-corrected chi connectivity index (χ1v) is 5.19. The van der Waals surface area contributed by atoms with E-state index in [0.717, 1.165) is 0 Å². The molecule has 1 aromatic heterocycles. The standard InChI is InChI=1S/C11H13N3O4/c1-7(9(15)14-11(17)12-2)18-10(16)8-5-3-4-6-13-8/h3-7H,1-2H3,(H2,12,14,15,17)/t7-/m0/s1. The van der Waals surface area contributed by atoms with Crippen LogP contribution in [0.3, 0.4) is 0 Å². The molecule has 2 N–H and O–H groups in total. The molecule has 0 spiro atoms. The van der Waals surface area contributed by atoms with Crippen LogP contribution in [0.25, 0.3) is 0 Å². The topological polar surface area (TPSA) is 97.4 Å². The van der Waals surface area contributed by atoms with Crippen molar-refractivity contribution in [2.75, 3.05) is 7.05 Å². The van der Waals surface area contributed by atoms with Crippen LogP contribution >= 0.6 is 0 Å². The predicted octanol–water partition coefficient (Wildman–Crippen LogP) is 0.0825. The van der Waals surface area contributed by atoms with Gasteiger partial charge in [0.05, 0.1) is 0 Å². The zero-order valence-corrected chi connectivity index (χ0v) is 9.97. The van der Waals surface area contributed by atoms with Crippen molar-refractivity contribution in [3.63, 3.8) is 0 Å². The van der Waals surface area contributed by atoms with Gasteiger partial charge >= 0.3 is 12.0 Å². The fourth-order valence-electron chi connectivity index (χ4n) is 1.03. The van der Waals surface area contributed by atoms with Gasteiger partial charge in [0, 0.05) is 13.2 Å². The second kappa shape index (κ2) is 6.33. The van der Waals surface area contributed by atoms with E-state index < -0.39 is 24.0 Å². The van der Waals surface area contributed by atoms with E-state index in [1.54, 1.807) is 12.1 Å². The number of ether oxygens (including phenoxy) is 1. The summed E-state index contributed by atoms with van der Waals surface area (Å²) in [5.41, 5.74) is 0.0945. The highest BCUT2D eigenvalue weighted by Gasteiger charge is 2.20. The lowest BCUT2D eigenvalue weighted by molar-refractivity contribution is -0.127. The smallest absolute Gasteiger partial charge is 0.357 e. The van der Waals surface area contributed by atoms with Crippen molar-refractivity contribution >= 4 is 17.9 Å². The second-order valence-corrected chi connectivity index (χ2v) is 3.33. The highest BCUT2D eigenvalue weighted by Crippen LogP contribution is 2.00. The Balaban J connectivity index is 2.55. The maximum atomic E-state index is 11.5. The van der Waals surface area contributed by atoms with E-state index in [4.69, 9.17) is 4.74 Å². The molecular weight excluding hydrogens is 238 g/mol. The minimum absolute atomic E-state index is 0.0945. The van der Waals surface area contributed by atoms with Crippen molar-refractivity contribution in [2.24, 2.45) is 0 Å². The summed E-state index contributed by atoms with van der Waals surface area (Å²) in [4.78, 5) is 37.6. The molecule has 0 aromatic carbocycles. The van der Waals surface area contributed by atoms with Gasteiger partial charge in [-0.15, -0.1) is 0 Å². The lowest BCUT2D eigenvalue weighted by atomic mass is 10.3. The number of nitrogens with one attached hydrogen (secondary N) is 2. The minimum Gasteiger partial charge on any atom is -0.448 e. The van der Waals surface area contributed by atoms with E-state index in [0.29, 0.717) is 0 Å². The van der Waals surface area contributed by atoms with Gasteiger partial charge in [-0.1, -0.05) is 6.07 Å². The number of pyridine rings is 1. The summed E-state index contributed by atoms with van der Waals surface area (Å²) in [7, 11) is 1.37. The summed E-state index contributed by atoms with van der Waals surface area (Å²) in [6.07, 6.45) is 0.350. The third kappa shape index (κ3) is 3.85. The van der Waals surface area contributed by atoms with E-state index in [1.165, 1.54) is 26.2 Å². The SMILES string of the molecule is CNC(=O)NC(=O)[C@H](C)OC(=O)c1ccccn1. The lowest BCUT2D eigenvalue weighted by Crippen LogP contribution is -2.43. The fourth-order valence-corrected chi connectivity index (χ4v) is 1.03. The molecule has 0 bridgehead atoms. The van der Waals surface area contributed by atoms with Crippen LogP contribution in [-0.2, 0) is 9.53 Å². The first-order valence-electron chi connectivity index (χ1n) is 5.19. The average molecular weight is 251 g/mol. The summed E-state index contributed by atoms with van der Waals surface area (Å²) in [5, 5.41) is 4.21. The number of esters is 1. The summed E-state index contributed by atoms with van der Waals surface area (Å²) in [5.74, 6) is -1.44. The third-order valence-corrected chi connectivity index (χ3v) is 1.99. The monoisotopic (exact) mass is 251 g/mol. The van der Waals surface area contributed by atoms with Crippen LogP contribution in [0.5, 0.6) is 0 Å². The molecule has 96 valence electrons. The number of aromatic nitrogens is 1. The molecule has 0 aliphatic heterocycles. The summed E-state index contributed by atoms with van der Waals surface area (Å²) in [6.45, 7) is 1.36. The van der Waals surface area contributed by atoms with Gasteiger partial charge in [0.2, 0.25) is 0 Å². The van der Waals surface area contributed by atoms with Gasteiger partial charge in [-0.05, 0) is 19.1 Å². The van der Waals surface area contributed by atoms with E-state index >= 15 is 0 Å². The van der Waals surface area contributed by atoms with Crippen LogP contribution in [0, 0.1) is 0 Å². The van der Waals surface area contributed by atoms with Crippen LogP contribution in [0.4, 0.5) is 4.79 Å². The molecule has 0 radical (unpaired) electrons. The average Bonchev–Trinajstić information content (AvgIpc) is 2.39. The highest BCUT2D eigenvalue weighted by molar-refractivity contribution is 5.98. The molecule has 0 fully saturated rings. The molecule has 7 nitrogen and oxygen atoms in total. The molecule has 18 heavy (non-hydrogen) atoms. The van der Waals surface area contributed by atoms with Gasteiger partial charge in [0.15, 0.2) is 6.10 Å². The number of amides is 3. The van der Waals surface area contributed by atoms with Crippen molar-refractivity contribution in [1.29, 1.82) is 0 Å². The zero-order chi connectivity index (χ0) is 13.5. The van der Waals surface area contributed by atoms with Gasteiger partial charge in [0.25, 0.3) is 5.91 Å². The molecule has 0 aliphatic rings. The first kappa shape index (κ1) is 13.6. The van der Waals surface area contributed by atoms with Crippen LogP contribution in [0.15, 0.2) is 24.4 Å². The fraction of sp³-hybridized carbons (Fsp3) is 0.273. The molecule has 1 atom stereocenters. The van der Waals surface area contributed by atoms with Gasteiger partial charge in [0.1, 0.15) is 5.69 Å². The first-order chi connectivity index (χ1) is 8.54. The minimum atomic E-state index is -1.09. The molecule has 0 aliphatic carbocycles. The zero-order valence-electron chi connectivity index (χ0n) is 9.97. The van der Waals surface area contributed by atoms with Gasteiger partial charge in [-0.3, -0.25) is 10.1 Å². The van der Waals surface area contributed by atoms with Crippen LogP contribution in [0.2, 0.25) is 0 Å². The molecule has 0 saturated heterocycles. The Morgan fingerprint density at radius 2 is 2.06 bits per heavy atom. The number of nitrogens with zero attached hydrogens (tertiary/aromatic N) is 1. The van der Waals surface area contributed by atoms with Gasteiger partial charge < -0.3 is 10.1 Å². The Bertz CT molecular complexity index is 447. The second-order valence-electron chi connectivity index (χ2n) is 3.33. The van der Waals surface area contributed by atoms with Crippen molar-refractivity contribution in [3.05, 3.63) is 30.1 Å². The maximum Gasteiger partial charge on any atom is 0.357 e. The largest absolute Gasteiger partial charge is 0.448 e. The molecular formula is C11H13N3O4. The Morgan fingerprint density at radius 3 is 2.61 bits per heavy atom. The van der Waals surface area contributed by atoms with Crippen LogP contribution in [-0.4, -0.2) is 36.0 Å².